The number of carbonyl (C=O) groups is 3. The van der Waals surface area contributed by atoms with E-state index < -0.39 is 47.5 Å². The number of hydrogen-bond acceptors (Lipinski definition) is 6. The molecule has 0 radical (unpaired) electrons. The van der Waals surface area contributed by atoms with E-state index in [4.69, 9.17) is 5.10 Å². The molecule has 2 aromatic carbocycles. The van der Waals surface area contributed by atoms with Gasteiger partial charge in [-0.3, -0.25) is 19.3 Å². The van der Waals surface area contributed by atoms with Crippen LogP contribution in [0, 0.1) is 17.2 Å². The monoisotopic (exact) mass is 605 g/mol. The Labute approximate surface area is 251 Å². The summed E-state index contributed by atoms with van der Waals surface area (Å²) >= 11 is 0. The second kappa shape index (κ2) is 11.4. The highest BCUT2D eigenvalue weighted by Gasteiger charge is 2.52. The third-order valence-corrected chi connectivity index (χ3v) is 8.42. The molecule has 2 N–H and O–H groups in total. The molecule has 1 aromatic heterocycles. The van der Waals surface area contributed by atoms with E-state index in [-0.39, 0.29) is 30.3 Å². The zero-order valence-corrected chi connectivity index (χ0v) is 23.8. The summed E-state index contributed by atoms with van der Waals surface area (Å²) in [5, 5.41) is 20.4. The normalized spacial score (nSPS) is 21.9. The number of para-hydroxylation sites is 1. The van der Waals surface area contributed by atoms with E-state index in [9.17, 15) is 32.8 Å². The van der Waals surface area contributed by atoms with Crippen molar-refractivity contribution in [3.63, 3.8) is 0 Å². The van der Waals surface area contributed by atoms with Gasteiger partial charge in [0.05, 0.1) is 17.3 Å². The van der Waals surface area contributed by atoms with Gasteiger partial charge in [-0.05, 0) is 56.0 Å². The van der Waals surface area contributed by atoms with Gasteiger partial charge in [-0.2, -0.15) is 23.5 Å². The second-order valence-corrected chi connectivity index (χ2v) is 11.2. The number of carbonyl (C=O) groups excluding carboxylic acids is 3. The average Bonchev–Trinajstić information content (AvgIpc) is 3.80. The lowest BCUT2D eigenvalue weighted by atomic mass is 9.82. The zero-order valence-electron chi connectivity index (χ0n) is 23.8. The predicted octanol–water partition coefficient (Wildman–Crippen LogP) is 3.49. The maximum atomic E-state index is 14.2. The Morgan fingerprint density at radius 3 is 2.55 bits per heavy atom. The number of rotatable bonds is 6. The molecule has 44 heavy (non-hydrogen) atoms. The molecule has 1 aliphatic carbocycles. The first-order valence-corrected chi connectivity index (χ1v) is 14.5. The fourth-order valence-corrected chi connectivity index (χ4v) is 6.17. The Morgan fingerprint density at radius 1 is 1.14 bits per heavy atom. The first-order valence-electron chi connectivity index (χ1n) is 14.5. The number of anilines is 1. The van der Waals surface area contributed by atoms with Crippen molar-refractivity contribution in [3.05, 3.63) is 77.0 Å². The van der Waals surface area contributed by atoms with Gasteiger partial charge in [0.25, 0.3) is 17.7 Å². The van der Waals surface area contributed by atoms with Crippen molar-refractivity contribution in [2.45, 2.75) is 43.9 Å². The molecule has 2 aliphatic heterocycles. The van der Waals surface area contributed by atoms with Crippen LogP contribution in [-0.4, -0.2) is 70.7 Å². The van der Waals surface area contributed by atoms with E-state index in [1.54, 1.807) is 23.7 Å². The minimum absolute atomic E-state index is 0.0710. The van der Waals surface area contributed by atoms with Crippen molar-refractivity contribution in [3.8, 4) is 11.8 Å². The summed E-state index contributed by atoms with van der Waals surface area (Å²) in [4.78, 5) is 44.7. The molecule has 6 rings (SSSR count). The van der Waals surface area contributed by atoms with Crippen molar-refractivity contribution in [1.82, 2.24) is 25.3 Å². The standard InChI is InChI=1S/C31H30F3N7O3/c1-2-39-28-24(26(38-41(28)21-9-4-3-5-10-21)30(44)40-14-13-36-17-22(40)16-35)23(18-11-12-18)25(29(39)43)37-27(42)19-7-6-8-20(15-19)31(32,33)34/h3-10,15,18,22-23,25,36H,2,11-14,17H2,1H3,(H,37,42). The summed E-state index contributed by atoms with van der Waals surface area (Å²) in [7, 11) is 0. The Balaban J connectivity index is 1.48. The fourth-order valence-electron chi connectivity index (χ4n) is 6.17. The van der Waals surface area contributed by atoms with Crippen LogP contribution in [0.3, 0.4) is 0 Å². The van der Waals surface area contributed by atoms with Crippen LogP contribution in [0.2, 0.25) is 0 Å². The lowest BCUT2D eigenvalue weighted by Crippen LogP contribution is -2.56. The van der Waals surface area contributed by atoms with Crippen molar-refractivity contribution < 1.29 is 27.6 Å². The molecule has 228 valence electrons. The summed E-state index contributed by atoms with van der Waals surface area (Å²) in [5.41, 5.74) is -0.00636. The smallest absolute Gasteiger partial charge is 0.340 e. The fraction of sp³-hybridized carbons (Fsp3) is 0.387. The average molecular weight is 606 g/mol. The van der Waals surface area contributed by atoms with Crippen molar-refractivity contribution in [1.29, 1.82) is 5.26 Å². The van der Waals surface area contributed by atoms with Gasteiger partial charge in [0.2, 0.25) is 0 Å². The number of piperazine rings is 1. The van der Waals surface area contributed by atoms with E-state index in [2.05, 4.69) is 16.7 Å². The number of benzene rings is 2. The summed E-state index contributed by atoms with van der Waals surface area (Å²) in [6, 6.07) is 13.4. The molecule has 3 amide bonds. The van der Waals surface area contributed by atoms with Gasteiger partial charge in [0, 0.05) is 43.2 Å². The molecule has 13 heteroatoms. The third-order valence-electron chi connectivity index (χ3n) is 8.42. The lowest BCUT2D eigenvalue weighted by molar-refractivity contribution is -0.137. The number of nitrogens with one attached hydrogen (secondary N) is 2. The largest absolute Gasteiger partial charge is 0.416 e. The molecule has 3 heterocycles. The maximum absolute atomic E-state index is 14.2. The van der Waals surface area contributed by atoms with Gasteiger partial charge in [0.1, 0.15) is 17.9 Å². The van der Waals surface area contributed by atoms with Crippen LogP contribution < -0.4 is 15.5 Å². The molecule has 0 spiro atoms. The zero-order chi connectivity index (χ0) is 31.2. The third kappa shape index (κ3) is 5.19. The molecule has 3 unspecified atom stereocenters. The predicted molar refractivity (Wildman–Crippen MR) is 153 cm³/mol. The summed E-state index contributed by atoms with van der Waals surface area (Å²) in [5.74, 6) is -2.03. The molecule has 1 saturated heterocycles. The quantitative estimate of drug-likeness (QED) is 0.444. The van der Waals surface area contributed by atoms with E-state index in [0.29, 0.717) is 30.2 Å². The minimum atomic E-state index is -4.64. The van der Waals surface area contributed by atoms with Crippen molar-refractivity contribution in [2.24, 2.45) is 5.92 Å². The minimum Gasteiger partial charge on any atom is -0.340 e. The van der Waals surface area contributed by atoms with E-state index in [1.807, 2.05) is 18.2 Å². The number of nitriles is 1. The lowest BCUT2D eigenvalue weighted by Gasteiger charge is -2.39. The maximum Gasteiger partial charge on any atom is 0.416 e. The molecule has 3 aromatic rings. The number of amides is 3. The second-order valence-electron chi connectivity index (χ2n) is 11.2. The Kier molecular flexibility index (Phi) is 7.63. The molecule has 3 atom stereocenters. The number of halogens is 3. The molecule has 2 fully saturated rings. The van der Waals surface area contributed by atoms with Gasteiger partial charge < -0.3 is 15.5 Å². The SMILES string of the molecule is CCN1C(=O)C(NC(=O)c2cccc(C(F)(F)F)c2)C(C2CC2)c2c(C(=O)N3CCNCC3C#N)nn(-c3ccccc3)c21. The Morgan fingerprint density at radius 2 is 1.89 bits per heavy atom. The molecule has 10 nitrogen and oxygen atoms in total. The molecular formula is C31H30F3N7O3. The van der Waals surface area contributed by atoms with Gasteiger partial charge in [-0.1, -0.05) is 24.3 Å². The van der Waals surface area contributed by atoms with Crippen molar-refractivity contribution in [2.75, 3.05) is 31.1 Å². The van der Waals surface area contributed by atoms with Crippen LogP contribution in [0.4, 0.5) is 19.0 Å². The van der Waals surface area contributed by atoms with Crippen LogP contribution in [0.15, 0.2) is 54.6 Å². The molecular weight excluding hydrogens is 575 g/mol. The molecule has 1 saturated carbocycles. The number of alkyl halides is 3. The van der Waals surface area contributed by atoms with Crippen LogP contribution in [-0.2, 0) is 11.0 Å². The van der Waals surface area contributed by atoms with E-state index in [0.717, 1.165) is 31.0 Å². The van der Waals surface area contributed by atoms with Gasteiger partial charge >= 0.3 is 6.18 Å². The molecule has 0 bridgehead atoms. The van der Waals surface area contributed by atoms with E-state index in [1.165, 1.54) is 15.9 Å². The summed E-state index contributed by atoms with van der Waals surface area (Å²) in [6.45, 7) is 3.01. The number of aromatic nitrogens is 2. The number of likely N-dealkylation sites (N-methyl/N-ethyl adjacent to an activating group) is 1. The first kappa shape index (κ1) is 29.4. The number of hydrogen-bond donors (Lipinski definition) is 2. The summed E-state index contributed by atoms with van der Waals surface area (Å²) in [6.07, 6.45) is -3.18. The Bertz CT molecular complexity index is 1650. The number of nitrogens with zero attached hydrogens (tertiary/aromatic N) is 5. The van der Waals surface area contributed by atoms with Crippen LogP contribution >= 0.6 is 0 Å². The van der Waals surface area contributed by atoms with Gasteiger partial charge in [-0.25, -0.2) is 4.68 Å². The summed E-state index contributed by atoms with van der Waals surface area (Å²) < 4.78 is 41.8. The van der Waals surface area contributed by atoms with Gasteiger partial charge in [-0.15, -0.1) is 0 Å². The van der Waals surface area contributed by atoms with Crippen LogP contribution in [0.25, 0.3) is 5.69 Å². The highest BCUT2D eigenvalue weighted by Crippen LogP contribution is 2.51. The van der Waals surface area contributed by atoms with Crippen molar-refractivity contribution >= 4 is 23.5 Å². The van der Waals surface area contributed by atoms with E-state index >= 15 is 0 Å². The van der Waals surface area contributed by atoms with Crippen LogP contribution in [0.5, 0.6) is 0 Å². The first-order chi connectivity index (χ1) is 21.1. The van der Waals surface area contributed by atoms with Gasteiger partial charge in [0.15, 0.2) is 5.69 Å². The Hall–Kier alpha value is -4.70. The topological polar surface area (TPSA) is 123 Å². The highest BCUT2D eigenvalue weighted by atomic mass is 19.4. The van der Waals surface area contributed by atoms with Crippen LogP contribution in [0.1, 0.15) is 57.7 Å². The number of fused-ring (bicyclic) bond motifs is 1. The molecule has 3 aliphatic rings. The highest BCUT2D eigenvalue weighted by molar-refractivity contribution is 6.07.